The van der Waals surface area contributed by atoms with Crippen LogP contribution in [0.15, 0.2) is 60.7 Å². The van der Waals surface area contributed by atoms with E-state index in [-0.39, 0.29) is 24.6 Å². The minimum Gasteiger partial charge on any atom is -0.289 e. The second-order valence-corrected chi connectivity index (χ2v) is 3.06. The summed E-state index contributed by atoms with van der Waals surface area (Å²) in [6.45, 7) is 0. The number of hydrogen-bond acceptors (Lipinski definition) is 1. The zero-order valence-electron chi connectivity index (χ0n) is 8.68. The molecule has 68 valence electrons. The van der Waals surface area contributed by atoms with Crippen molar-refractivity contribution in [2.24, 2.45) is 0 Å². The molecule has 15 heavy (non-hydrogen) atoms. The second kappa shape index (κ2) is 5.55. The van der Waals surface area contributed by atoms with E-state index in [0.717, 1.165) is 11.1 Å². The van der Waals surface area contributed by atoms with Crippen LogP contribution in [0, 0.1) is 0 Å². The average Bonchev–Trinajstić information content (AvgIpc) is 2.30. The van der Waals surface area contributed by atoms with E-state index in [0.29, 0.717) is 0 Å². The maximum Gasteiger partial charge on any atom is 1.00 e. The van der Waals surface area contributed by atoms with Gasteiger partial charge in [-0.25, -0.2) is 0 Å². The molecule has 2 rings (SSSR count). The first kappa shape index (κ1) is 11.8. The Balaban J connectivity index is 0.00000112. The molecule has 0 amide bonds. The summed E-state index contributed by atoms with van der Waals surface area (Å²) >= 11 is 0. The van der Waals surface area contributed by atoms with Gasteiger partial charge in [0.15, 0.2) is 5.78 Å². The molecular formula is C13H10LiO+. The zero-order chi connectivity index (χ0) is 9.80. The molecule has 0 bridgehead atoms. The van der Waals surface area contributed by atoms with Crippen molar-refractivity contribution < 1.29 is 23.7 Å². The van der Waals surface area contributed by atoms with Crippen LogP contribution in [0.1, 0.15) is 15.9 Å². The SMILES string of the molecule is O=C(c1ccccc1)c1ccccc1.[Li+]. The van der Waals surface area contributed by atoms with Gasteiger partial charge in [0.2, 0.25) is 0 Å². The van der Waals surface area contributed by atoms with Crippen molar-refractivity contribution in [3.05, 3.63) is 71.8 Å². The minimum atomic E-state index is 0. The Kier molecular flexibility index (Phi) is 4.36. The number of hydrogen-bond donors (Lipinski definition) is 0. The van der Waals surface area contributed by atoms with Crippen LogP contribution in [0.2, 0.25) is 0 Å². The number of benzene rings is 2. The van der Waals surface area contributed by atoms with E-state index in [2.05, 4.69) is 0 Å². The van der Waals surface area contributed by atoms with Gasteiger partial charge in [0.25, 0.3) is 0 Å². The van der Waals surface area contributed by atoms with Gasteiger partial charge in [-0.1, -0.05) is 60.7 Å². The van der Waals surface area contributed by atoms with E-state index in [4.69, 9.17) is 0 Å². The van der Waals surface area contributed by atoms with Gasteiger partial charge in [0.1, 0.15) is 0 Å². The first-order valence-electron chi connectivity index (χ1n) is 4.53. The monoisotopic (exact) mass is 189 g/mol. The van der Waals surface area contributed by atoms with Crippen LogP contribution in [-0.2, 0) is 0 Å². The third kappa shape index (κ3) is 2.83. The normalized spacial score (nSPS) is 9.07. The molecule has 0 atom stereocenters. The Hall–Kier alpha value is -1.29. The van der Waals surface area contributed by atoms with Crippen molar-refractivity contribution in [3.8, 4) is 0 Å². The molecule has 0 aliphatic carbocycles. The van der Waals surface area contributed by atoms with Crippen molar-refractivity contribution in [2.45, 2.75) is 0 Å². The van der Waals surface area contributed by atoms with Crippen molar-refractivity contribution in [1.82, 2.24) is 0 Å². The molecule has 0 radical (unpaired) electrons. The molecule has 0 aliphatic heterocycles. The van der Waals surface area contributed by atoms with Gasteiger partial charge in [0, 0.05) is 11.1 Å². The summed E-state index contributed by atoms with van der Waals surface area (Å²) in [4.78, 5) is 11.8. The fourth-order valence-corrected chi connectivity index (χ4v) is 1.35. The van der Waals surface area contributed by atoms with E-state index >= 15 is 0 Å². The summed E-state index contributed by atoms with van der Waals surface area (Å²) in [5.41, 5.74) is 1.47. The fourth-order valence-electron chi connectivity index (χ4n) is 1.35. The first-order valence-corrected chi connectivity index (χ1v) is 4.53. The predicted octanol–water partition coefficient (Wildman–Crippen LogP) is -0.0784. The largest absolute Gasteiger partial charge is 1.00 e. The van der Waals surface area contributed by atoms with Gasteiger partial charge in [-0.2, -0.15) is 0 Å². The standard InChI is InChI=1S/C13H10O.Li/c14-13(11-7-3-1-4-8-11)12-9-5-2-6-10-12;/h1-10H;/q;+1. The van der Waals surface area contributed by atoms with Gasteiger partial charge in [0.05, 0.1) is 0 Å². The van der Waals surface area contributed by atoms with Gasteiger partial charge in [-0.15, -0.1) is 0 Å². The Morgan fingerprint density at radius 3 is 1.33 bits per heavy atom. The van der Waals surface area contributed by atoms with Crippen molar-refractivity contribution in [3.63, 3.8) is 0 Å². The Labute approximate surface area is 101 Å². The van der Waals surface area contributed by atoms with Crippen molar-refractivity contribution >= 4 is 5.78 Å². The Bertz CT molecular complexity index is 381. The Morgan fingerprint density at radius 1 is 0.667 bits per heavy atom. The number of carbonyl (C=O) groups excluding carboxylic acids is 1. The van der Waals surface area contributed by atoms with Crippen LogP contribution in [0.4, 0.5) is 0 Å². The summed E-state index contributed by atoms with van der Waals surface area (Å²) in [5, 5.41) is 0. The van der Waals surface area contributed by atoms with Crippen molar-refractivity contribution in [2.75, 3.05) is 0 Å². The van der Waals surface area contributed by atoms with E-state index in [1.807, 2.05) is 60.7 Å². The van der Waals surface area contributed by atoms with Crippen LogP contribution >= 0.6 is 0 Å². The summed E-state index contributed by atoms with van der Waals surface area (Å²) in [6, 6.07) is 18.6. The maximum absolute atomic E-state index is 11.8. The molecule has 2 aromatic carbocycles. The fraction of sp³-hybridized carbons (Fsp3) is 0. The van der Waals surface area contributed by atoms with Crippen LogP contribution in [0.5, 0.6) is 0 Å². The molecule has 0 aliphatic rings. The second-order valence-electron chi connectivity index (χ2n) is 3.06. The topological polar surface area (TPSA) is 17.1 Å². The molecule has 0 spiro atoms. The third-order valence-corrected chi connectivity index (χ3v) is 2.07. The van der Waals surface area contributed by atoms with E-state index in [9.17, 15) is 4.79 Å². The summed E-state index contributed by atoms with van der Waals surface area (Å²) in [6.07, 6.45) is 0. The number of rotatable bonds is 2. The number of ketones is 1. The zero-order valence-corrected chi connectivity index (χ0v) is 8.68. The summed E-state index contributed by atoms with van der Waals surface area (Å²) < 4.78 is 0. The number of carbonyl (C=O) groups is 1. The summed E-state index contributed by atoms with van der Waals surface area (Å²) in [5.74, 6) is 0.0752. The van der Waals surface area contributed by atoms with Gasteiger partial charge in [-0.05, 0) is 0 Å². The minimum absolute atomic E-state index is 0. The van der Waals surface area contributed by atoms with Gasteiger partial charge in [-0.3, -0.25) is 4.79 Å². The molecule has 2 heteroatoms. The quantitative estimate of drug-likeness (QED) is 0.477. The van der Waals surface area contributed by atoms with Crippen LogP contribution in [0.3, 0.4) is 0 Å². The van der Waals surface area contributed by atoms with Crippen molar-refractivity contribution in [1.29, 1.82) is 0 Å². The Morgan fingerprint density at radius 2 is 1.00 bits per heavy atom. The smallest absolute Gasteiger partial charge is 0.289 e. The molecule has 2 aromatic rings. The molecular weight excluding hydrogens is 179 g/mol. The molecule has 0 saturated carbocycles. The third-order valence-electron chi connectivity index (χ3n) is 2.07. The molecule has 0 aromatic heterocycles. The molecule has 1 nitrogen and oxygen atoms in total. The van der Waals surface area contributed by atoms with Gasteiger partial charge < -0.3 is 0 Å². The van der Waals surface area contributed by atoms with Crippen LogP contribution < -0.4 is 18.9 Å². The molecule has 0 N–H and O–H groups in total. The van der Waals surface area contributed by atoms with E-state index < -0.39 is 0 Å². The predicted molar refractivity (Wildman–Crippen MR) is 56.3 cm³/mol. The van der Waals surface area contributed by atoms with Gasteiger partial charge >= 0.3 is 18.9 Å². The maximum atomic E-state index is 11.8. The molecule has 0 unspecified atom stereocenters. The van der Waals surface area contributed by atoms with Crippen LogP contribution in [0.25, 0.3) is 0 Å². The molecule has 0 saturated heterocycles. The summed E-state index contributed by atoms with van der Waals surface area (Å²) in [7, 11) is 0. The van der Waals surface area contributed by atoms with E-state index in [1.165, 1.54) is 0 Å². The van der Waals surface area contributed by atoms with E-state index in [1.54, 1.807) is 0 Å². The first-order chi connectivity index (χ1) is 6.88. The molecule has 0 heterocycles. The molecule has 0 fully saturated rings. The van der Waals surface area contributed by atoms with Crippen LogP contribution in [-0.4, -0.2) is 5.78 Å². The average molecular weight is 189 g/mol.